The topological polar surface area (TPSA) is 59.5 Å². The molecule has 0 bridgehead atoms. The van der Waals surface area contributed by atoms with E-state index >= 15 is 0 Å². The maximum absolute atomic E-state index is 13.3. The van der Waals surface area contributed by atoms with Crippen molar-refractivity contribution in [2.24, 2.45) is 0 Å². The highest BCUT2D eigenvalue weighted by molar-refractivity contribution is 7.95. The number of sulfone groups is 1. The molecular formula is C40H30N2O3S. The zero-order valence-electron chi connectivity index (χ0n) is 25.2. The minimum atomic E-state index is -3.59. The van der Waals surface area contributed by atoms with E-state index in [-0.39, 0.29) is 4.90 Å². The molecular weight excluding hydrogens is 589 g/mol. The number of nitrogens with zero attached hydrogens (tertiary/aromatic N) is 2. The van der Waals surface area contributed by atoms with Gasteiger partial charge in [0.15, 0.2) is 11.5 Å². The number of anilines is 3. The van der Waals surface area contributed by atoms with Gasteiger partial charge >= 0.3 is 0 Å². The van der Waals surface area contributed by atoms with Crippen molar-refractivity contribution in [2.45, 2.75) is 24.7 Å². The molecule has 1 aromatic heterocycles. The third-order valence-electron chi connectivity index (χ3n) is 8.59. The van der Waals surface area contributed by atoms with E-state index in [1.54, 1.807) is 24.3 Å². The lowest BCUT2D eigenvalue weighted by molar-refractivity contribution is 0.477. The van der Waals surface area contributed by atoms with Crippen LogP contribution in [0.4, 0.5) is 17.1 Å². The Morgan fingerprint density at radius 3 is 2.02 bits per heavy atom. The van der Waals surface area contributed by atoms with Gasteiger partial charge in [0.2, 0.25) is 9.84 Å². The van der Waals surface area contributed by atoms with Gasteiger partial charge in [-0.2, -0.15) is 0 Å². The van der Waals surface area contributed by atoms with Gasteiger partial charge in [-0.1, -0.05) is 90.5 Å². The summed E-state index contributed by atoms with van der Waals surface area (Å²) in [7, 11) is -3.59. The molecule has 0 N–H and O–H groups in total. The van der Waals surface area contributed by atoms with Gasteiger partial charge in [0.1, 0.15) is 0 Å². The summed E-state index contributed by atoms with van der Waals surface area (Å²) in [5.74, 6) is 1.54. The standard InChI is InChI=1S/C40H30N2O3S/c1-27-18-20-28(21-19-27)33-26-34(29-22-24-31(25-23-29)46(43,44)30-10-3-2-4-11-30)41-40-32(33)12-9-15-37(40)42-35-13-5-7-16-38(35)45-39-17-8-6-14-36(39)42/h3,5-26H,2,4H2,1H3. The van der Waals surface area contributed by atoms with Crippen LogP contribution in [-0.2, 0) is 9.84 Å². The van der Waals surface area contributed by atoms with Crippen molar-refractivity contribution >= 4 is 37.8 Å². The van der Waals surface area contributed by atoms with Crippen molar-refractivity contribution in [1.82, 2.24) is 4.98 Å². The molecule has 8 rings (SSSR count). The van der Waals surface area contributed by atoms with E-state index in [2.05, 4.69) is 72.5 Å². The van der Waals surface area contributed by atoms with E-state index in [4.69, 9.17) is 9.72 Å². The Morgan fingerprint density at radius 1 is 0.696 bits per heavy atom. The van der Waals surface area contributed by atoms with Crippen LogP contribution in [-0.4, -0.2) is 13.4 Å². The Morgan fingerprint density at radius 2 is 1.35 bits per heavy atom. The summed E-state index contributed by atoms with van der Waals surface area (Å²) in [6.45, 7) is 2.08. The minimum absolute atomic E-state index is 0.274. The van der Waals surface area contributed by atoms with Gasteiger partial charge in [-0.05, 0) is 85.5 Å². The van der Waals surface area contributed by atoms with Crippen molar-refractivity contribution in [3.05, 3.63) is 150 Å². The van der Waals surface area contributed by atoms with Crippen LogP contribution in [0.2, 0.25) is 0 Å². The fourth-order valence-electron chi connectivity index (χ4n) is 6.23. The second-order valence-electron chi connectivity index (χ2n) is 11.6. The second kappa shape index (κ2) is 11.2. The lowest BCUT2D eigenvalue weighted by Gasteiger charge is -2.33. The first-order valence-corrected chi connectivity index (χ1v) is 16.8. The van der Waals surface area contributed by atoms with Crippen molar-refractivity contribution in [3.63, 3.8) is 0 Å². The van der Waals surface area contributed by atoms with Crippen LogP contribution in [0, 0.1) is 6.92 Å². The van der Waals surface area contributed by atoms with Gasteiger partial charge < -0.3 is 9.64 Å². The first-order chi connectivity index (χ1) is 22.5. The van der Waals surface area contributed by atoms with Crippen LogP contribution in [0.15, 0.2) is 149 Å². The van der Waals surface area contributed by atoms with E-state index in [1.165, 1.54) is 5.56 Å². The molecule has 1 aliphatic carbocycles. The third kappa shape index (κ3) is 4.78. The number of fused-ring (bicyclic) bond motifs is 3. The fourth-order valence-corrected chi connectivity index (χ4v) is 7.61. The molecule has 2 aliphatic rings. The summed E-state index contributed by atoms with van der Waals surface area (Å²) in [5.41, 5.74) is 8.51. The second-order valence-corrected chi connectivity index (χ2v) is 13.5. The zero-order chi connectivity index (χ0) is 31.3. The minimum Gasteiger partial charge on any atom is -0.453 e. The van der Waals surface area contributed by atoms with Gasteiger partial charge in [-0.3, -0.25) is 0 Å². The quantitative estimate of drug-likeness (QED) is 0.192. The Balaban J connectivity index is 1.34. The molecule has 0 saturated carbocycles. The maximum Gasteiger partial charge on any atom is 0.206 e. The Bertz CT molecular complexity index is 2260. The van der Waals surface area contributed by atoms with Crippen molar-refractivity contribution in [2.75, 3.05) is 4.90 Å². The van der Waals surface area contributed by atoms with Crippen molar-refractivity contribution in [1.29, 1.82) is 0 Å². The lowest BCUT2D eigenvalue weighted by Crippen LogP contribution is -2.16. The molecule has 0 radical (unpaired) electrons. The highest BCUT2D eigenvalue weighted by atomic mass is 32.2. The summed E-state index contributed by atoms with van der Waals surface area (Å²) in [4.78, 5) is 8.14. The average Bonchev–Trinajstić information content (AvgIpc) is 3.11. The molecule has 0 atom stereocenters. The van der Waals surface area contributed by atoms with E-state index in [9.17, 15) is 8.42 Å². The summed E-state index contributed by atoms with van der Waals surface area (Å²) < 4.78 is 33.0. The molecule has 2 heterocycles. The number of ether oxygens (including phenoxy) is 1. The molecule has 5 nitrogen and oxygen atoms in total. The normalized spacial score (nSPS) is 13.9. The molecule has 224 valence electrons. The number of hydrogen-bond acceptors (Lipinski definition) is 5. The van der Waals surface area contributed by atoms with Crippen LogP contribution in [0.25, 0.3) is 33.3 Å². The Labute approximate surface area is 268 Å². The number of aromatic nitrogens is 1. The highest BCUT2D eigenvalue weighted by Gasteiger charge is 2.28. The molecule has 0 spiro atoms. The predicted molar refractivity (Wildman–Crippen MR) is 186 cm³/mol. The molecule has 0 saturated heterocycles. The van der Waals surface area contributed by atoms with E-state index in [1.807, 2.05) is 54.6 Å². The highest BCUT2D eigenvalue weighted by Crippen LogP contribution is 2.51. The summed E-state index contributed by atoms with van der Waals surface area (Å²) >= 11 is 0. The molecule has 0 fully saturated rings. The number of aryl methyl sites for hydroxylation is 1. The predicted octanol–water partition coefficient (Wildman–Crippen LogP) is 10.5. The molecule has 6 heteroatoms. The molecule has 5 aromatic carbocycles. The number of hydrogen-bond donors (Lipinski definition) is 0. The number of pyridine rings is 1. The number of para-hydroxylation sites is 5. The monoisotopic (exact) mass is 618 g/mol. The lowest BCUT2D eigenvalue weighted by atomic mass is 9.96. The van der Waals surface area contributed by atoms with Crippen LogP contribution in [0.1, 0.15) is 18.4 Å². The van der Waals surface area contributed by atoms with Gasteiger partial charge in [0, 0.05) is 10.9 Å². The molecule has 1 aliphatic heterocycles. The van der Waals surface area contributed by atoms with Crippen molar-refractivity contribution in [3.8, 4) is 33.9 Å². The Kier molecular flexibility index (Phi) is 6.80. The van der Waals surface area contributed by atoms with Gasteiger partial charge in [0.25, 0.3) is 0 Å². The molecule has 46 heavy (non-hydrogen) atoms. The maximum atomic E-state index is 13.3. The van der Waals surface area contributed by atoms with Crippen LogP contribution in [0.5, 0.6) is 11.5 Å². The number of allylic oxidation sites excluding steroid dienone is 3. The number of rotatable bonds is 5. The first kappa shape index (κ1) is 28.0. The SMILES string of the molecule is Cc1ccc(-c2cc(-c3ccc(S(=O)(=O)C4=CCCC=C4)cc3)nc3c(N4c5ccccc5Oc5ccccc54)cccc23)cc1. The Hall–Kier alpha value is -5.46. The first-order valence-electron chi connectivity index (χ1n) is 15.4. The fraction of sp³-hybridized carbons (Fsp3) is 0.0750. The van der Waals surface area contributed by atoms with Crippen LogP contribution >= 0.6 is 0 Å². The molecule has 6 aromatic rings. The van der Waals surface area contributed by atoms with E-state index in [0.717, 1.165) is 74.7 Å². The largest absolute Gasteiger partial charge is 0.453 e. The summed E-state index contributed by atoms with van der Waals surface area (Å²) in [6.07, 6.45) is 7.00. The third-order valence-corrected chi connectivity index (χ3v) is 10.4. The molecule has 0 unspecified atom stereocenters. The van der Waals surface area contributed by atoms with E-state index < -0.39 is 9.84 Å². The summed E-state index contributed by atoms with van der Waals surface area (Å²) in [5, 5.41) is 1.02. The van der Waals surface area contributed by atoms with E-state index in [0.29, 0.717) is 4.91 Å². The van der Waals surface area contributed by atoms with Gasteiger partial charge in [-0.15, -0.1) is 0 Å². The average molecular weight is 619 g/mol. The smallest absolute Gasteiger partial charge is 0.206 e. The zero-order valence-corrected chi connectivity index (χ0v) is 26.0. The molecule has 0 amide bonds. The van der Waals surface area contributed by atoms with Crippen LogP contribution < -0.4 is 9.64 Å². The van der Waals surface area contributed by atoms with Crippen LogP contribution in [0.3, 0.4) is 0 Å². The van der Waals surface area contributed by atoms with Gasteiger partial charge in [-0.25, -0.2) is 13.4 Å². The number of benzene rings is 5. The van der Waals surface area contributed by atoms with Gasteiger partial charge in [0.05, 0.1) is 38.1 Å². The summed E-state index contributed by atoms with van der Waals surface area (Å²) in [6, 6.07) is 40.1. The van der Waals surface area contributed by atoms with Crippen molar-refractivity contribution < 1.29 is 13.2 Å².